The number of aromatic nitrogens is 2. The fraction of sp³-hybridized carbons (Fsp3) is 0.250. The molecule has 7 heteroatoms. The summed E-state index contributed by atoms with van der Waals surface area (Å²) in [5.74, 6) is -0.190. The fourth-order valence-corrected chi connectivity index (χ4v) is 3.75. The highest BCUT2D eigenvalue weighted by Gasteiger charge is 2.13. The molecule has 0 aliphatic rings. The van der Waals surface area contributed by atoms with Crippen LogP contribution in [-0.4, -0.2) is 21.4 Å². The lowest BCUT2D eigenvalue weighted by Gasteiger charge is -2.02. The highest BCUT2D eigenvalue weighted by Crippen LogP contribution is 2.29. The Morgan fingerprint density at radius 2 is 2.11 bits per heavy atom. The monoisotopic (exact) mass is 357 g/mol. The van der Waals surface area contributed by atoms with Crippen LogP contribution < -0.4 is 5.32 Å². The van der Waals surface area contributed by atoms with Crippen LogP contribution in [-0.2, 0) is 0 Å². The van der Waals surface area contributed by atoms with Gasteiger partial charge in [0.15, 0.2) is 4.34 Å². The number of thioether (sulfide) groups is 1. The highest BCUT2D eigenvalue weighted by atomic mass is 79.9. The molecule has 100 valence electrons. The van der Waals surface area contributed by atoms with Crippen LogP contribution in [0.15, 0.2) is 33.1 Å². The second kappa shape index (κ2) is 6.49. The number of hydrogen-bond acceptors (Lipinski definition) is 5. The van der Waals surface area contributed by atoms with Crippen molar-refractivity contribution in [1.82, 2.24) is 10.2 Å². The first-order chi connectivity index (χ1) is 9.06. The maximum atomic E-state index is 12.1. The van der Waals surface area contributed by atoms with Gasteiger partial charge in [0.05, 0.1) is 5.56 Å². The van der Waals surface area contributed by atoms with Crippen molar-refractivity contribution in [3.63, 3.8) is 0 Å². The molecule has 4 nitrogen and oxygen atoms in total. The van der Waals surface area contributed by atoms with Gasteiger partial charge in [-0.25, -0.2) is 0 Å². The van der Waals surface area contributed by atoms with Gasteiger partial charge in [-0.3, -0.25) is 10.1 Å². The zero-order valence-electron chi connectivity index (χ0n) is 10.4. The first-order valence-corrected chi connectivity index (χ1v) is 8.11. The van der Waals surface area contributed by atoms with E-state index < -0.39 is 0 Å². The van der Waals surface area contributed by atoms with Gasteiger partial charge in [0, 0.05) is 9.72 Å². The summed E-state index contributed by atoms with van der Waals surface area (Å²) >= 11 is 6.36. The lowest BCUT2D eigenvalue weighted by Crippen LogP contribution is -2.12. The fourth-order valence-electron chi connectivity index (χ4n) is 1.32. The normalized spacial score (nSPS) is 10.7. The molecule has 0 saturated heterocycles. The van der Waals surface area contributed by atoms with Crippen molar-refractivity contribution < 1.29 is 4.79 Å². The third-order valence-corrected chi connectivity index (χ3v) is 4.70. The van der Waals surface area contributed by atoms with Crippen LogP contribution in [0.1, 0.15) is 24.2 Å². The van der Waals surface area contributed by atoms with Crippen molar-refractivity contribution in [2.75, 3.05) is 5.32 Å². The van der Waals surface area contributed by atoms with Crippen molar-refractivity contribution in [3.8, 4) is 0 Å². The van der Waals surface area contributed by atoms with E-state index in [4.69, 9.17) is 0 Å². The Bertz CT molecular complexity index is 586. The Labute approximate surface area is 128 Å². The molecule has 0 aliphatic carbocycles. The maximum absolute atomic E-state index is 12.1. The minimum Gasteiger partial charge on any atom is -0.296 e. The molecule has 0 aliphatic heterocycles. The molecule has 0 bridgehead atoms. The number of nitrogens with zero attached hydrogens (tertiary/aromatic N) is 2. The largest absolute Gasteiger partial charge is 0.296 e. The Hall–Kier alpha value is -0.920. The van der Waals surface area contributed by atoms with Gasteiger partial charge in [0.25, 0.3) is 5.91 Å². The van der Waals surface area contributed by atoms with Crippen LogP contribution in [0, 0.1) is 0 Å². The third kappa shape index (κ3) is 4.02. The number of carbonyl (C=O) groups excluding carboxylic acids is 1. The van der Waals surface area contributed by atoms with E-state index in [1.807, 2.05) is 18.2 Å². The molecule has 1 aromatic heterocycles. The molecule has 1 heterocycles. The second-order valence-electron chi connectivity index (χ2n) is 3.97. The molecule has 0 fully saturated rings. The number of halogens is 1. The van der Waals surface area contributed by atoms with Crippen molar-refractivity contribution in [2.24, 2.45) is 0 Å². The van der Waals surface area contributed by atoms with E-state index in [0.717, 1.165) is 8.81 Å². The van der Waals surface area contributed by atoms with E-state index >= 15 is 0 Å². The Balaban J connectivity index is 2.07. The summed E-state index contributed by atoms with van der Waals surface area (Å²) in [4.78, 5) is 12.1. The van der Waals surface area contributed by atoms with E-state index in [9.17, 15) is 4.79 Å². The molecular formula is C12H12BrN3OS2. The number of carbonyl (C=O) groups is 1. The van der Waals surface area contributed by atoms with Gasteiger partial charge >= 0.3 is 0 Å². The standard InChI is InChI=1S/C12H12BrN3OS2/c1-7(2)18-12-16-15-11(19-12)14-10(17)8-5-3-4-6-9(8)13/h3-7H,1-2H3,(H,14,15,17). The van der Waals surface area contributed by atoms with Crippen LogP contribution in [0.4, 0.5) is 5.13 Å². The lowest BCUT2D eigenvalue weighted by atomic mass is 10.2. The zero-order valence-corrected chi connectivity index (χ0v) is 13.6. The van der Waals surface area contributed by atoms with Gasteiger partial charge in [0.2, 0.25) is 5.13 Å². The van der Waals surface area contributed by atoms with Crippen LogP contribution in [0.3, 0.4) is 0 Å². The zero-order chi connectivity index (χ0) is 13.8. The molecule has 0 radical (unpaired) electrons. The lowest BCUT2D eigenvalue weighted by molar-refractivity contribution is 0.102. The first-order valence-electron chi connectivity index (χ1n) is 5.62. The summed E-state index contributed by atoms with van der Waals surface area (Å²) in [6.45, 7) is 4.18. The average Bonchev–Trinajstić information content (AvgIpc) is 2.76. The van der Waals surface area contributed by atoms with Crippen molar-refractivity contribution >= 4 is 50.1 Å². The number of nitrogens with one attached hydrogen (secondary N) is 1. The topological polar surface area (TPSA) is 54.9 Å². The van der Waals surface area contributed by atoms with E-state index in [1.165, 1.54) is 11.3 Å². The van der Waals surface area contributed by atoms with Crippen LogP contribution in [0.5, 0.6) is 0 Å². The molecule has 0 atom stereocenters. The molecule has 1 N–H and O–H groups in total. The predicted molar refractivity (Wildman–Crippen MR) is 83.0 cm³/mol. The maximum Gasteiger partial charge on any atom is 0.258 e. The summed E-state index contributed by atoms with van der Waals surface area (Å²) in [5, 5.41) is 11.7. The molecule has 0 unspecified atom stereocenters. The minimum atomic E-state index is -0.190. The van der Waals surface area contributed by atoms with E-state index in [-0.39, 0.29) is 5.91 Å². The average molecular weight is 358 g/mol. The number of amides is 1. The molecule has 2 aromatic rings. The molecule has 19 heavy (non-hydrogen) atoms. The highest BCUT2D eigenvalue weighted by molar-refractivity contribution is 9.10. The van der Waals surface area contributed by atoms with Crippen molar-refractivity contribution in [1.29, 1.82) is 0 Å². The summed E-state index contributed by atoms with van der Waals surface area (Å²) in [7, 11) is 0. The van der Waals surface area contributed by atoms with Crippen LogP contribution in [0.2, 0.25) is 0 Å². The summed E-state index contributed by atoms with van der Waals surface area (Å²) < 4.78 is 1.62. The second-order valence-corrected chi connectivity index (χ2v) is 7.63. The van der Waals surface area contributed by atoms with E-state index in [0.29, 0.717) is 15.9 Å². The van der Waals surface area contributed by atoms with Gasteiger partial charge in [-0.1, -0.05) is 49.1 Å². The summed E-state index contributed by atoms with van der Waals surface area (Å²) in [5.41, 5.74) is 0.579. The van der Waals surface area contributed by atoms with Gasteiger partial charge in [-0.2, -0.15) is 0 Å². The van der Waals surface area contributed by atoms with E-state index in [2.05, 4.69) is 45.3 Å². The van der Waals surface area contributed by atoms with E-state index in [1.54, 1.807) is 17.8 Å². The molecule has 0 saturated carbocycles. The Kier molecular flexibility index (Phi) is 4.95. The quantitative estimate of drug-likeness (QED) is 0.662. The third-order valence-electron chi connectivity index (χ3n) is 2.08. The smallest absolute Gasteiger partial charge is 0.258 e. The van der Waals surface area contributed by atoms with Crippen molar-refractivity contribution in [3.05, 3.63) is 34.3 Å². The molecule has 1 aromatic carbocycles. The summed E-state index contributed by atoms with van der Waals surface area (Å²) in [6.07, 6.45) is 0. The Morgan fingerprint density at radius 3 is 2.79 bits per heavy atom. The van der Waals surface area contributed by atoms with Gasteiger partial charge in [-0.05, 0) is 28.1 Å². The van der Waals surface area contributed by atoms with Crippen LogP contribution >= 0.6 is 39.0 Å². The molecular weight excluding hydrogens is 346 g/mol. The molecule has 1 amide bonds. The predicted octanol–water partition coefficient (Wildman–Crippen LogP) is 4.05. The number of hydrogen-bond donors (Lipinski definition) is 1. The number of benzene rings is 1. The van der Waals surface area contributed by atoms with Gasteiger partial charge in [-0.15, -0.1) is 10.2 Å². The molecule has 0 spiro atoms. The number of anilines is 1. The Morgan fingerprint density at radius 1 is 1.37 bits per heavy atom. The minimum absolute atomic E-state index is 0.190. The SMILES string of the molecule is CC(C)Sc1nnc(NC(=O)c2ccccc2Br)s1. The van der Waals surface area contributed by atoms with Crippen LogP contribution in [0.25, 0.3) is 0 Å². The van der Waals surface area contributed by atoms with Crippen molar-refractivity contribution in [2.45, 2.75) is 23.4 Å². The number of rotatable bonds is 4. The molecule has 2 rings (SSSR count). The van der Waals surface area contributed by atoms with Gasteiger partial charge in [0.1, 0.15) is 0 Å². The summed E-state index contributed by atoms with van der Waals surface area (Å²) in [6, 6.07) is 7.27. The first kappa shape index (κ1) is 14.5. The van der Waals surface area contributed by atoms with Gasteiger partial charge < -0.3 is 0 Å².